The molecule has 14 heteroatoms. The van der Waals surface area contributed by atoms with Gasteiger partial charge in [0, 0.05) is 42.7 Å². The third-order valence-electron chi connectivity index (χ3n) is 8.88. The molecule has 2 amide bonds. The fourth-order valence-electron chi connectivity index (χ4n) is 6.01. The average Bonchev–Trinajstić information content (AvgIpc) is 3.31. The van der Waals surface area contributed by atoms with Crippen LogP contribution in [0.2, 0.25) is 0 Å². The number of aryl methyl sites for hydroxylation is 2. The van der Waals surface area contributed by atoms with Crippen molar-refractivity contribution in [1.82, 2.24) is 14.5 Å². The lowest BCUT2D eigenvalue weighted by atomic mass is 9.89. The average molecular weight is 649 g/mol. The van der Waals surface area contributed by atoms with Gasteiger partial charge < -0.3 is 20.4 Å². The van der Waals surface area contributed by atoms with Crippen molar-refractivity contribution in [3.05, 3.63) is 75.2 Å². The summed E-state index contributed by atoms with van der Waals surface area (Å²) < 4.78 is 67.3. The smallest absolute Gasteiger partial charge is 0.393 e. The van der Waals surface area contributed by atoms with E-state index in [0.717, 1.165) is 17.5 Å². The van der Waals surface area contributed by atoms with Gasteiger partial charge in [-0.1, -0.05) is 12.1 Å². The number of hydrogen-bond acceptors (Lipinski definition) is 7. The summed E-state index contributed by atoms with van der Waals surface area (Å²) in [7, 11) is -3.90. The maximum atomic E-state index is 13.2. The lowest BCUT2D eigenvalue weighted by molar-refractivity contribution is -0.137. The highest BCUT2D eigenvalue weighted by Gasteiger charge is 2.47. The molecular weight excluding hydrogens is 613 g/mol. The minimum Gasteiger partial charge on any atom is -0.393 e. The van der Waals surface area contributed by atoms with Crippen LogP contribution in [0.15, 0.2) is 46.8 Å². The predicted octanol–water partition coefficient (Wildman–Crippen LogP) is 2.99. The molecule has 0 aromatic heterocycles. The number of carbonyl (C=O) groups is 2. The van der Waals surface area contributed by atoms with Gasteiger partial charge in [-0.3, -0.25) is 14.6 Å². The van der Waals surface area contributed by atoms with Crippen molar-refractivity contribution in [2.75, 3.05) is 32.8 Å². The van der Waals surface area contributed by atoms with Gasteiger partial charge in [-0.2, -0.15) is 17.5 Å². The molecule has 2 aromatic carbocycles. The number of aliphatic hydroxyl groups is 2. The molecule has 10 nitrogen and oxygen atoms in total. The van der Waals surface area contributed by atoms with Crippen LogP contribution >= 0.6 is 0 Å². The Labute approximate surface area is 259 Å². The van der Waals surface area contributed by atoms with Gasteiger partial charge in [-0.15, -0.1) is 0 Å². The molecule has 0 atom stereocenters. The van der Waals surface area contributed by atoms with Crippen LogP contribution in [-0.2, 0) is 21.0 Å². The molecule has 2 saturated heterocycles. The summed E-state index contributed by atoms with van der Waals surface area (Å²) in [5, 5.41) is 23.3. The fraction of sp³-hybridized carbons (Fsp3) is 0.452. The number of sulfonamides is 1. The molecule has 242 valence electrons. The van der Waals surface area contributed by atoms with Crippen LogP contribution < -0.4 is 5.32 Å². The molecule has 45 heavy (non-hydrogen) atoms. The maximum absolute atomic E-state index is 13.2. The molecule has 2 aromatic rings. The zero-order chi connectivity index (χ0) is 32.8. The number of amides is 2. The molecule has 5 rings (SSSR count). The van der Waals surface area contributed by atoms with Crippen LogP contribution in [0.4, 0.5) is 13.2 Å². The first-order chi connectivity index (χ1) is 21.1. The first-order valence-electron chi connectivity index (χ1n) is 14.6. The van der Waals surface area contributed by atoms with Crippen molar-refractivity contribution >= 4 is 33.7 Å². The first-order valence-corrected chi connectivity index (χ1v) is 16.1. The van der Waals surface area contributed by atoms with Crippen LogP contribution in [0.5, 0.6) is 0 Å². The molecule has 1 spiro atoms. The second-order valence-electron chi connectivity index (χ2n) is 12.0. The summed E-state index contributed by atoms with van der Waals surface area (Å²) in [5.74, 6) is -0.652. The van der Waals surface area contributed by atoms with Gasteiger partial charge in [0.05, 0.1) is 17.8 Å². The lowest BCUT2D eigenvalue weighted by Crippen LogP contribution is -2.50. The zero-order valence-corrected chi connectivity index (χ0v) is 25.7. The topological polar surface area (TPSA) is 140 Å². The van der Waals surface area contributed by atoms with E-state index < -0.39 is 38.8 Å². The summed E-state index contributed by atoms with van der Waals surface area (Å²) in [4.78, 5) is 32.1. The van der Waals surface area contributed by atoms with E-state index in [9.17, 15) is 41.4 Å². The quantitative estimate of drug-likeness (QED) is 0.440. The Bertz CT molecular complexity index is 1650. The Hall–Kier alpha value is -3.59. The van der Waals surface area contributed by atoms with E-state index in [4.69, 9.17) is 0 Å². The highest BCUT2D eigenvalue weighted by Crippen LogP contribution is 2.34. The Kier molecular flexibility index (Phi) is 8.72. The molecule has 0 radical (unpaired) electrons. The molecule has 0 aliphatic carbocycles. The van der Waals surface area contributed by atoms with Gasteiger partial charge in [0.25, 0.3) is 11.8 Å². The van der Waals surface area contributed by atoms with Crippen molar-refractivity contribution in [3.63, 3.8) is 0 Å². The number of benzene rings is 2. The maximum Gasteiger partial charge on any atom is 0.416 e. The van der Waals surface area contributed by atoms with Crippen LogP contribution in [-0.4, -0.2) is 89.4 Å². The molecule has 3 heterocycles. The largest absolute Gasteiger partial charge is 0.416 e. The Morgan fingerprint density at radius 1 is 1.04 bits per heavy atom. The van der Waals surface area contributed by atoms with Gasteiger partial charge in [0.15, 0.2) is 0 Å². The van der Waals surface area contributed by atoms with Crippen molar-refractivity contribution in [2.45, 2.75) is 56.8 Å². The number of hydrogen-bond donors (Lipinski definition) is 3. The van der Waals surface area contributed by atoms with E-state index in [1.165, 1.54) is 22.5 Å². The first kappa shape index (κ1) is 32.8. The molecule has 0 saturated carbocycles. The second-order valence-corrected chi connectivity index (χ2v) is 13.8. The highest BCUT2D eigenvalue weighted by molar-refractivity contribution is 7.92. The van der Waals surface area contributed by atoms with Crippen LogP contribution in [0.25, 0.3) is 6.08 Å². The monoisotopic (exact) mass is 648 g/mol. The number of piperidine rings is 2. The molecule has 3 N–H and O–H groups in total. The van der Waals surface area contributed by atoms with E-state index in [-0.39, 0.29) is 62.7 Å². The standard InChI is InChI=1S/C31H35F3N4O6S/c1-20-16-23(27(40)37-11-7-29(42,19-39)8-12-37)17-21(2)25(20)6-15-45(43,44)38-13-9-30(10-14-38)28(41)35-26(36-30)22-4-3-5-24(18-22)31(32,33)34/h3-6,15-18,39,42H,7-14,19H2,1-2H3,(H,35,36,41). The minimum atomic E-state index is -4.55. The van der Waals surface area contributed by atoms with E-state index in [0.29, 0.717) is 35.3 Å². The van der Waals surface area contributed by atoms with Crippen molar-refractivity contribution < 1.29 is 41.4 Å². The van der Waals surface area contributed by atoms with Crippen LogP contribution in [0.3, 0.4) is 0 Å². The second kappa shape index (κ2) is 12.0. The number of halogens is 3. The van der Waals surface area contributed by atoms with Gasteiger partial charge >= 0.3 is 6.18 Å². The molecular formula is C31H35F3N4O6S. The normalized spacial score (nSPS) is 20.5. The predicted molar refractivity (Wildman–Crippen MR) is 161 cm³/mol. The van der Waals surface area contributed by atoms with Crippen LogP contribution in [0, 0.1) is 13.8 Å². The SMILES string of the molecule is Cc1cc(C(=O)N2CCC(O)(CO)CC2)cc(C)c1C=CS(=O)(=O)N1CCC2(CC1)N=C(c1cccc(C(F)(F)F)c1)NC2=O. The van der Waals surface area contributed by atoms with E-state index in [2.05, 4.69) is 10.3 Å². The number of aliphatic imine (C=N–C) groups is 1. The Morgan fingerprint density at radius 3 is 2.24 bits per heavy atom. The van der Waals surface area contributed by atoms with Gasteiger partial charge in [-0.25, -0.2) is 8.42 Å². The minimum absolute atomic E-state index is 0.00783. The number of likely N-dealkylation sites (tertiary alicyclic amines) is 1. The van der Waals surface area contributed by atoms with Crippen LogP contribution in [0.1, 0.15) is 63.9 Å². The number of rotatable bonds is 6. The van der Waals surface area contributed by atoms with Crippen molar-refractivity contribution in [2.24, 2.45) is 4.99 Å². The molecule has 3 aliphatic rings. The molecule has 2 fully saturated rings. The highest BCUT2D eigenvalue weighted by atomic mass is 32.2. The summed E-state index contributed by atoms with van der Waals surface area (Å²) in [6, 6.07) is 7.90. The lowest BCUT2D eigenvalue weighted by Gasteiger charge is -2.37. The molecule has 3 aliphatic heterocycles. The third kappa shape index (κ3) is 6.69. The van der Waals surface area contributed by atoms with E-state index >= 15 is 0 Å². The van der Waals surface area contributed by atoms with E-state index in [1.807, 2.05) is 0 Å². The van der Waals surface area contributed by atoms with Gasteiger partial charge in [0.2, 0.25) is 10.0 Å². The summed E-state index contributed by atoms with van der Waals surface area (Å²) in [5.41, 5.74) is -0.698. The van der Waals surface area contributed by atoms with Gasteiger partial charge in [0.1, 0.15) is 11.4 Å². The number of nitrogens with zero attached hydrogens (tertiary/aromatic N) is 3. The number of amidine groups is 1. The number of alkyl halides is 3. The number of nitrogens with one attached hydrogen (secondary N) is 1. The summed E-state index contributed by atoms with van der Waals surface area (Å²) in [6.07, 6.45) is -2.39. The Balaban J connectivity index is 1.25. The Morgan fingerprint density at radius 2 is 1.67 bits per heavy atom. The molecule has 0 unspecified atom stereocenters. The molecule has 0 bridgehead atoms. The van der Waals surface area contributed by atoms with Crippen molar-refractivity contribution in [1.29, 1.82) is 0 Å². The number of aliphatic hydroxyl groups excluding tert-OH is 1. The summed E-state index contributed by atoms with van der Waals surface area (Å²) >= 11 is 0. The van der Waals surface area contributed by atoms with Crippen molar-refractivity contribution in [3.8, 4) is 0 Å². The number of carbonyl (C=O) groups excluding carboxylic acids is 2. The summed E-state index contributed by atoms with van der Waals surface area (Å²) in [6.45, 7) is 3.80. The van der Waals surface area contributed by atoms with E-state index in [1.54, 1.807) is 30.9 Å². The zero-order valence-electron chi connectivity index (χ0n) is 24.9. The fourth-order valence-corrected chi connectivity index (χ4v) is 7.19. The third-order valence-corrected chi connectivity index (χ3v) is 10.4. The van der Waals surface area contributed by atoms with Gasteiger partial charge in [-0.05, 0) is 86.6 Å².